The number of rotatable bonds is 5. The van der Waals surface area contributed by atoms with Gasteiger partial charge in [-0.2, -0.15) is 0 Å². The minimum atomic E-state index is -0.889. The summed E-state index contributed by atoms with van der Waals surface area (Å²) in [7, 11) is 0. The van der Waals surface area contributed by atoms with Crippen molar-refractivity contribution in [3.05, 3.63) is 35.4 Å². The van der Waals surface area contributed by atoms with Gasteiger partial charge in [-0.1, -0.05) is 6.07 Å². The predicted octanol–water partition coefficient (Wildman–Crippen LogP) is 2.58. The van der Waals surface area contributed by atoms with Crippen molar-refractivity contribution in [1.82, 2.24) is 4.90 Å². The van der Waals surface area contributed by atoms with Crippen LogP contribution in [-0.4, -0.2) is 22.9 Å². The molecule has 0 unspecified atom stereocenters. The van der Waals surface area contributed by atoms with E-state index in [4.69, 9.17) is 5.73 Å². The molecular weight excluding hydrogens is 262 g/mol. The number of amides is 1. The first-order valence-corrected chi connectivity index (χ1v) is 6.94. The second-order valence-corrected chi connectivity index (χ2v) is 5.55. The monoisotopic (exact) mass is 282 g/mol. The first kappa shape index (κ1) is 14.9. The zero-order valence-electron chi connectivity index (χ0n) is 11.7. The highest BCUT2D eigenvalue weighted by atomic mass is 19.2. The van der Waals surface area contributed by atoms with Crippen LogP contribution in [0.3, 0.4) is 0 Å². The van der Waals surface area contributed by atoms with Gasteiger partial charge >= 0.3 is 0 Å². The van der Waals surface area contributed by atoms with E-state index in [1.54, 1.807) is 4.90 Å². The Bertz CT molecular complexity index is 501. The SMILES string of the molecule is CCN(Cc1ccc(F)c(F)c1)C(=O)CC1(N)CCC1. The molecule has 2 rings (SSSR count). The quantitative estimate of drug-likeness (QED) is 0.902. The summed E-state index contributed by atoms with van der Waals surface area (Å²) in [6, 6.07) is 3.71. The van der Waals surface area contributed by atoms with Crippen LogP contribution in [0.15, 0.2) is 18.2 Å². The molecule has 1 saturated carbocycles. The molecule has 1 amide bonds. The summed E-state index contributed by atoms with van der Waals surface area (Å²) < 4.78 is 26.1. The highest BCUT2D eigenvalue weighted by molar-refractivity contribution is 5.77. The highest BCUT2D eigenvalue weighted by Crippen LogP contribution is 2.32. The molecular formula is C15H20F2N2O. The molecule has 1 aromatic rings. The van der Waals surface area contributed by atoms with Crippen molar-refractivity contribution in [3.8, 4) is 0 Å². The Morgan fingerprint density at radius 3 is 2.55 bits per heavy atom. The summed E-state index contributed by atoms with van der Waals surface area (Å²) in [6.45, 7) is 2.66. The third kappa shape index (κ3) is 3.33. The molecule has 1 aromatic carbocycles. The van der Waals surface area contributed by atoms with Crippen molar-refractivity contribution < 1.29 is 13.6 Å². The summed E-state index contributed by atoms with van der Waals surface area (Å²) in [4.78, 5) is 13.8. The van der Waals surface area contributed by atoms with E-state index in [0.717, 1.165) is 31.4 Å². The van der Waals surface area contributed by atoms with Gasteiger partial charge in [-0.05, 0) is 43.9 Å². The molecule has 1 aliphatic carbocycles. The Balaban J connectivity index is 2.00. The van der Waals surface area contributed by atoms with Gasteiger partial charge in [0.1, 0.15) is 0 Å². The minimum Gasteiger partial charge on any atom is -0.339 e. The third-order valence-corrected chi connectivity index (χ3v) is 3.94. The van der Waals surface area contributed by atoms with Gasteiger partial charge in [0.25, 0.3) is 0 Å². The van der Waals surface area contributed by atoms with Gasteiger partial charge in [-0.25, -0.2) is 8.78 Å². The normalized spacial score (nSPS) is 16.6. The lowest BCUT2D eigenvalue weighted by Crippen LogP contribution is -2.50. The molecule has 5 heteroatoms. The highest BCUT2D eigenvalue weighted by Gasteiger charge is 2.35. The van der Waals surface area contributed by atoms with E-state index in [1.807, 2.05) is 6.92 Å². The van der Waals surface area contributed by atoms with Crippen LogP contribution < -0.4 is 5.73 Å². The van der Waals surface area contributed by atoms with Gasteiger partial charge < -0.3 is 10.6 Å². The lowest BCUT2D eigenvalue weighted by Gasteiger charge is -2.38. The van der Waals surface area contributed by atoms with E-state index in [2.05, 4.69) is 0 Å². The van der Waals surface area contributed by atoms with Gasteiger partial charge in [0.15, 0.2) is 11.6 Å². The minimum absolute atomic E-state index is 0.0283. The Hall–Kier alpha value is -1.49. The fourth-order valence-electron chi connectivity index (χ4n) is 2.46. The molecule has 0 spiro atoms. The van der Waals surface area contributed by atoms with Crippen molar-refractivity contribution in [1.29, 1.82) is 0 Å². The molecule has 0 radical (unpaired) electrons. The molecule has 0 saturated heterocycles. The van der Waals surface area contributed by atoms with Gasteiger partial charge in [-0.15, -0.1) is 0 Å². The maximum Gasteiger partial charge on any atom is 0.224 e. The van der Waals surface area contributed by atoms with Gasteiger partial charge in [0.2, 0.25) is 5.91 Å². The van der Waals surface area contributed by atoms with Crippen LogP contribution >= 0.6 is 0 Å². The average molecular weight is 282 g/mol. The van der Waals surface area contributed by atoms with Gasteiger partial charge in [-0.3, -0.25) is 4.79 Å². The lowest BCUT2D eigenvalue weighted by atomic mass is 9.75. The van der Waals surface area contributed by atoms with E-state index in [1.165, 1.54) is 6.07 Å². The molecule has 3 nitrogen and oxygen atoms in total. The molecule has 0 heterocycles. The second kappa shape index (κ2) is 5.87. The van der Waals surface area contributed by atoms with Crippen LogP contribution in [0.2, 0.25) is 0 Å². The number of carbonyl (C=O) groups is 1. The fourth-order valence-corrected chi connectivity index (χ4v) is 2.46. The molecule has 1 fully saturated rings. The Morgan fingerprint density at radius 2 is 2.05 bits per heavy atom. The van der Waals surface area contributed by atoms with Crippen molar-refractivity contribution in [2.45, 2.75) is 44.7 Å². The zero-order valence-corrected chi connectivity index (χ0v) is 11.7. The van der Waals surface area contributed by atoms with E-state index in [9.17, 15) is 13.6 Å². The van der Waals surface area contributed by atoms with E-state index in [0.29, 0.717) is 18.5 Å². The average Bonchev–Trinajstić information content (AvgIpc) is 2.38. The second-order valence-electron chi connectivity index (χ2n) is 5.55. The summed E-state index contributed by atoms with van der Waals surface area (Å²) in [6.07, 6.45) is 3.15. The summed E-state index contributed by atoms with van der Waals surface area (Å²) in [5.74, 6) is -1.79. The molecule has 0 aliphatic heterocycles. The van der Waals surface area contributed by atoms with Gasteiger partial charge in [0.05, 0.1) is 0 Å². The smallest absolute Gasteiger partial charge is 0.224 e. The first-order chi connectivity index (χ1) is 9.43. The van der Waals surface area contributed by atoms with E-state index >= 15 is 0 Å². The standard InChI is InChI=1S/C15H20F2N2O/c1-2-19(14(20)9-15(18)6-3-7-15)10-11-4-5-12(16)13(17)8-11/h4-5,8H,2-3,6-7,9-10,18H2,1H3. The van der Waals surface area contributed by atoms with Gasteiger partial charge in [0, 0.05) is 25.0 Å². The summed E-state index contributed by atoms with van der Waals surface area (Å²) in [5, 5.41) is 0. The third-order valence-electron chi connectivity index (χ3n) is 3.94. The molecule has 2 N–H and O–H groups in total. The van der Waals surface area contributed by atoms with Crippen LogP contribution in [0.5, 0.6) is 0 Å². The molecule has 110 valence electrons. The molecule has 20 heavy (non-hydrogen) atoms. The lowest BCUT2D eigenvalue weighted by molar-refractivity contribution is -0.133. The zero-order chi connectivity index (χ0) is 14.8. The van der Waals surface area contributed by atoms with Crippen molar-refractivity contribution >= 4 is 5.91 Å². The fraction of sp³-hybridized carbons (Fsp3) is 0.533. The van der Waals surface area contributed by atoms with Crippen molar-refractivity contribution in [3.63, 3.8) is 0 Å². The number of hydrogen-bond acceptors (Lipinski definition) is 2. The number of hydrogen-bond donors (Lipinski definition) is 1. The van der Waals surface area contributed by atoms with Crippen LogP contribution in [0.4, 0.5) is 8.78 Å². The van der Waals surface area contributed by atoms with Crippen LogP contribution in [0.1, 0.15) is 38.2 Å². The topological polar surface area (TPSA) is 46.3 Å². The number of carbonyl (C=O) groups excluding carboxylic acids is 1. The Kier molecular flexibility index (Phi) is 4.38. The Labute approximate surface area is 117 Å². The molecule has 0 bridgehead atoms. The molecule has 0 atom stereocenters. The van der Waals surface area contributed by atoms with Crippen molar-refractivity contribution in [2.75, 3.05) is 6.54 Å². The molecule has 1 aliphatic rings. The molecule has 0 aromatic heterocycles. The number of benzene rings is 1. The first-order valence-electron chi connectivity index (χ1n) is 6.94. The maximum atomic E-state index is 13.2. The number of halogens is 2. The van der Waals surface area contributed by atoms with E-state index < -0.39 is 11.6 Å². The van der Waals surface area contributed by atoms with Crippen LogP contribution in [0.25, 0.3) is 0 Å². The number of nitrogens with zero attached hydrogens (tertiary/aromatic N) is 1. The van der Waals surface area contributed by atoms with Crippen LogP contribution in [-0.2, 0) is 11.3 Å². The van der Waals surface area contributed by atoms with Crippen LogP contribution in [0, 0.1) is 11.6 Å². The predicted molar refractivity (Wildman–Crippen MR) is 72.8 cm³/mol. The largest absolute Gasteiger partial charge is 0.339 e. The number of nitrogens with two attached hydrogens (primary N) is 1. The maximum absolute atomic E-state index is 13.2. The van der Waals surface area contributed by atoms with E-state index in [-0.39, 0.29) is 18.0 Å². The Morgan fingerprint density at radius 1 is 1.35 bits per heavy atom. The summed E-state index contributed by atoms with van der Waals surface area (Å²) >= 11 is 0. The summed E-state index contributed by atoms with van der Waals surface area (Å²) in [5.41, 5.74) is 6.30. The van der Waals surface area contributed by atoms with Crippen molar-refractivity contribution in [2.24, 2.45) is 5.73 Å².